The first kappa shape index (κ1) is 13.3. The minimum Gasteiger partial charge on any atom is -0.479 e. The lowest BCUT2D eigenvalue weighted by Crippen LogP contribution is -2.50. The fourth-order valence-corrected chi connectivity index (χ4v) is 0.820. The predicted molar refractivity (Wildman–Crippen MR) is 43.3 cm³/mol. The first-order valence-electron chi connectivity index (χ1n) is 3.92. The lowest BCUT2D eigenvalue weighted by Gasteiger charge is -2.25. The summed E-state index contributed by atoms with van der Waals surface area (Å²) in [5, 5.41) is 53.0. The number of rotatable bonds is 5. The normalized spacial score (nSPS) is 22.1. The molecular weight excluding hydrogens is 196 g/mol. The van der Waals surface area contributed by atoms with Gasteiger partial charge >= 0.3 is 5.97 Å². The molecule has 0 radical (unpaired) electrons. The largest absolute Gasteiger partial charge is 0.479 e. The summed E-state index contributed by atoms with van der Waals surface area (Å²) >= 11 is 0. The van der Waals surface area contributed by atoms with Crippen molar-refractivity contribution in [3.05, 3.63) is 0 Å². The Bertz CT molecular complexity index is 192. The van der Waals surface area contributed by atoms with Crippen LogP contribution in [0, 0.1) is 0 Å². The van der Waals surface area contributed by atoms with Gasteiger partial charge in [0, 0.05) is 0 Å². The molecule has 7 nitrogen and oxygen atoms in total. The highest BCUT2D eigenvalue weighted by Crippen LogP contribution is 2.08. The second kappa shape index (κ2) is 5.23. The zero-order valence-electron chi connectivity index (χ0n) is 7.48. The number of aliphatic hydroxyl groups is 5. The third-order valence-electron chi connectivity index (χ3n) is 1.77. The Labute approximate surface area is 79.9 Å². The summed E-state index contributed by atoms with van der Waals surface area (Å²) in [6, 6.07) is 0. The molecule has 0 aromatic heterocycles. The average molecular weight is 210 g/mol. The Morgan fingerprint density at radius 2 is 1.36 bits per heavy atom. The first-order chi connectivity index (χ1) is 6.29. The van der Waals surface area contributed by atoms with Gasteiger partial charge in [0.05, 0.1) is 6.10 Å². The standard InChI is InChI=1S/C7H14O7/c1-2(8)3(9)4(10)5(11)6(12)7(13)14/h2-6,8-12H,1H3,(H,13,14)/t2-,3-,4+,5+,6+/m1/s1. The van der Waals surface area contributed by atoms with Gasteiger partial charge in [-0.25, -0.2) is 4.79 Å². The number of aliphatic hydroxyl groups excluding tert-OH is 5. The summed E-state index contributed by atoms with van der Waals surface area (Å²) in [6.45, 7) is 1.15. The molecule has 0 aromatic rings. The average Bonchev–Trinajstić information content (AvgIpc) is 2.12. The Morgan fingerprint density at radius 3 is 1.64 bits per heavy atom. The molecule has 0 saturated carbocycles. The van der Waals surface area contributed by atoms with Gasteiger partial charge in [-0.15, -0.1) is 0 Å². The molecule has 7 heteroatoms. The van der Waals surface area contributed by atoms with Gasteiger partial charge in [0.25, 0.3) is 0 Å². The van der Waals surface area contributed by atoms with E-state index in [0.29, 0.717) is 0 Å². The summed E-state index contributed by atoms with van der Waals surface area (Å²) in [5.74, 6) is -1.73. The monoisotopic (exact) mass is 210 g/mol. The zero-order valence-corrected chi connectivity index (χ0v) is 7.48. The first-order valence-corrected chi connectivity index (χ1v) is 3.92. The molecule has 0 aliphatic heterocycles. The molecule has 0 unspecified atom stereocenters. The topological polar surface area (TPSA) is 138 Å². The van der Waals surface area contributed by atoms with Crippen LogP contribution in [0.2, 0.25) is 0 Å². The highest BCUT2D eigenvalue weighted by Gasteiger charge is 2.35. The fraction of sp³-hybridized carbons (Fsp3) is 0.857. The van der Waals surface area contributed by atoms with Crippen molar-refractivity contribution in [2.75, 3.05) is 0 Å². The van der Waals surface area contributed by atoms with Crippen LogP contribution in [0.4, 0.5) is 0 Å². The van der Waals surface area contributed by atoms with Crippen LogP contribution in [0.25, 0.3) is 0 Å². The molecule has 0 fully saturated rings. The number of hydrogen-bond acceptors (Lipinski definition) is 6. The van der Waals surface area contributed by atoms with Gasteiger partial charge in [0.15, 0.2) is 6.10 Å². The van der Waals surface area contributed by atoms with Gasteiger partial charge in [0.1, 0.15) is 18.3 Å². The number of carboxylic acid groups (broad SMARTS) is 1. The molecule has 0 aliphatic rings. The summed E-state index contributed by atoms with van der Waals surface area (Å²) < 4.78 is 0. The molecule has 6 N–H and O–H groups in total. The van der Waals surface area contributed by atoms with Gasteiger partial charge in [-0.2, -0.15) is 0 Å². The summed E-state index contributed by atoms with van der Waals surface area (Å²) in [5.41, 5.74) is 0. The van der Waals surface area contributed by atoms with Crippen molar-refractivity contribution in [3.63, 3.8) is 0 Å². The van der Waals surface area contributed by atoms with Gasteiger partial charge < -0.3 is 30.6 Å². The van der Waals surface area contributed by atoms with Crippen molar-refractivity contribution in [1.82, 2.24) is 0 Å². The maximum Gasteiger partial charge on any atom is 0.335 e. The summed E-state index contributed by atoms with van der Waals surface area (Å²) in [4.78, 5) is 10.2. The second-order valence-electron chi connectivity index (χ2n) is 3.00. The molecule has 14 heavy (non-hydrogen) atoms. The van der Waals surface area contributed by atoms with Gasteiger partial charge in [0.2, 0.25) is 0 Å². The summed E-state index contributed by atoms with van der Waals surface area (Å²) in [7, 11) is 0. The molecule has 0 spiro atoms. The maximum atomic E-state index is 10.2. The van der Waals surface area contributed by atoms with E-state index in [0.717, 1.165) is 6.92 Å². The quantitative estimate of drug-likeness (QED) is 0.282. The Morgan fingerprint density at radius 1 is 0.929 bits per heavy atom. The minimum absolute atomic E-state index is 1.15. The van der Waals surface area contributed by atoms with E-state index < -0.39 is 36.5 Å². The lowest BCUT2D eigenvalue weighted by molar-refractivity contribution is -0.167. The maximum absolute atomic E-state index is 10.2. The Balaban J connectivity index is 4.37. The van der Waals surface area contributed by atoms with Crippen LogP contribution in [0.15, 0.2) is 0 Å². The highest BCUT2D eigenvalue weighted by atomic mass is 16.4. The molecule has 0 saturated heterocycles. The van der Waals surface area contributed by atoms with Gasteiger partial charge in [-0.05, 0) is 6.92 Å². The number of carboxylic acids is 1. The third kappa shape index (κ3) is 3.20. The van der Waals surface area contributed by atoms with Crippen molar-refractivity contribution in [3.8, 4) is 0 Å². The molecule has 0 heterocycles. The van der Waals surface area contributed by atoms with Crippen LogP contribution in [-0.2, 0) is 4.79 Å². The van der Waals surface area contributed by atoms with E-state index in [1.54, 1.807) is 0 Å². The van der Waals surface area contributed by atoms with Crippen LogP contribution < -0.4 is 0 Å². The van der Waals surface area contributed by atoms with E-state index in [1.165, 1.54) is 0 Å². The highest BCUT2D eigenvalue weighted by molar-refractivity contribution is 5.72. The van der Waals surface area contributed by atoms with Crippen LogP contribution in [0.5, 0.6) is 0 Å². The van der Waals surface area contributed by atoms with Crippen molar-refractivity contribution >= 4 is 5.97 Å². The third-order valence-corrected chi connectivity index (χ3v) is 1.77. The van der Waals surface area contributed by atoms with Crippen LogP contribution in [0.1, 0.15) is 6.92 Å². The molecule has 0 bridgehead atoms. The van der Waals surface area contributed by atoms with E-state index in [-0.39, 0.29) is 0 Å². The van der Waals surface area contributed by atoms with E-state index in [9.17, 15) is 4.79 Å². The van der Waals surface area contributed by atoms with E-state index in [2.05, 4.69) is 0 Å². The molecule has 84 valence electrons. The van der Waals surface area contributed by atoms with Gasteiger partial charge in [-0.1, -0.05) is 0 Å². The molecular formula is C7H14O7. The van der Waals surface area contributed by atoms with Crippen LogP contribution in [0.3, 0.4) is 0 Å². The molecule has 0 aliphatic carbocycles. The molecule has 5 atom stereocenters. The van der Waals surface area contributed by atoms with Crippen molar-refractivity contribution in [2.24, 2.45) is 0 Å². The number of aliphatic carboxylic acids is 1. The zero-order chi connectivity index (χ0) is 11.5. The Hall–Kier alpha value is -0.730. The van der Waals surface area contributed by atoms with Crippen molar-refractivity contribution in [2.45, 2.75) is 37.4 Å². The van der Waals surface area contributed by atoms with E-state index in [4.69, 9.17) is 30.6 Å². The predicted octanol–water partition coefficient (Wildman–Crippen LogP) is -3.10. The SMILES string of the molecule is C[C@@H](O)[C@@H](O)[C@H](O)[C@H](O)[C@H](O)C(=O)O. The molecule has 0 amide bonds. The van der Waals surface area contributed by atoms with Gasteiger partial charge in [-0.3, -0.25) is 0 Å². The lowest BCUT2D eigenvalue weighted by atomic mass is 10.00. The Kier molecular flexibility index (Phi) is 4.95. The number of hydrogen-bond donors (Lipinski definition) is 6. The van der Waals surface area contributed by atoms with E-state index in [1.807, 2.05) is 0 Å². The van der Waals surface area contributed by atoms with Crippen LogP contribution in [-0.4, -0.2) is 67.1 Å². The molecule has 0 rings (SSSR count). The smallest absolute Gasteiger partial charge is 0.335 e. The van der Waals surface area contributed by atoms with E-state index >= 15 is 0 Å². The number of carbonyl (C=O) groups is 1. The fourth-order valence-electron chi connectivity index (χ4n) is 0.820. The summed E-state index contributed by atoms with van der Waals surface area (Å²) in [6.07, 6.45) is -9.27. The van der Waals surface area contributed by atoms with Crippen LogP contribution >= 0.6 is 0 Å². The van der Waals surface area contributed by atoms with Crippen molar-refractivity contribution < 1.29 is 35.4 Å². The van der Waals surface area contributed by atoms with Crippen molar-refractivity contribution in [1.29, 1.82) is 0 Å². The molecule has 0 aromatic carbocycles. The second-order valence-corrected chi connectivity index (χ2v) is 3.00. The minimum atomic E-state index is -2.21.